The summed E-state index contributed by atoms with van der Waals surface area (Å²) in [5, 5.41) is 5.71. The third-order valence-electron chi connectivity index (χ3n) is 4.02. The summed E-state index contributed by atoms with van der Waals surface area (Å²) in [5.74, 6) is 0.309. The number of carbonyl (C=O) groups is 2. The van der Waals surface area contributed by atoms with Crippen LogP contribution in [0.5, 0.6) is 5.75 Å². The largest absolute Gasteiger partial charge is 0.493 e. The summed E-state index contributed by atoms with van der Waals surface area (Å²) < 4.78 is 5.78. The van der Waals surface area contributed by atoms with Crippen molar-refractivity contribution >= 4 is 23.2 Å². The van der Waals surface area contributed by atoms with Crippen molar-refractivity contribution in [2.45, 2.75) is 46.0 Å². The summed E-state index contributed by atoms with van der Waals surface area (Å²) in [6.07, 6.45) is 4.45. The van der Waals surface area contributed by atoms with E-state index in [4.69, 9.17) is 4.74 Å². The topological polar surface area (TPSA) is 67.4 Å². The van der Waals surface area contributed by atoms with Crippen LogP contribution in [0.25, 0.3) is 0 Å². The number of amides is 2. The lowest BCUT2D eigenvalue weighted by atomic mass is 10.1. The maximum Gasteiger partial charge on any atom is 0.259 e. The van der Waals surface area contributed by atoms with Crippen LogP contribution in [0.15, 0.2) is 48.5 Å². The minimum Gasteiger partial charge on any atom is -0.493 e. The summed E-state index contributed by atoms with van der Waals surface area (Å²) >= 11 is 0. The Morgan fingerprint density at radius 2 is 1.63 bits per heavy atom. The van der Waals surface area contributed by atoms with Crippen LogP contribution in [-0.4, -0.2) is 18.4 Å². The third kappa shape index (κ3) is 6.77. The summed E-state index contributed by atoms with van der Waals surface area (Å²) in [6, 6.07) is 14.4. The number of ether oxygens (including phenoxy) is 1. The molecule has 0 spiro atoms. The van der Waals surface area contributed by atoms with Crippen LogP contribution in [-0.2, 0) is 4.79 Å². The van der Waals surface area contributed by atoms with Gasteiger partial charge >= 0.3 is 0 Å². The van der Waals surface area contributed by atoms with E-state index < -0.39 is 0 Å². The number of anilines is 2. The number of para-hydroxylation sites is 1. The minimum atomic E-state index is -0.238. The van der Waals surface area contributed by atoms with Crippen molar-refractivity contribution < 1.29 is 14.3 Å². The van der Waals surface area contributed by atoms with Crippen molar-refractivity contribution in [3.63, 3.8) is 0 Å². The molecule has 0 saturated heterocycles. The van der Waals surface area contributed by atoms with Gasteiger partial charge in [0.05, 0.1) is 12.2 Å². The lowest BCUT2D eigenvalue weighted by Crippen LogP contribution is -2.15. The first-order valence-corrected chi connectivity index (χ1v) is 9.57. The Morgan fingerprint density at radius 3 is 2.37 bits per heavy atom. The van der Waals surface area contributed by atoms with E-state index in [-0.39, 0.29) is 11.8 Å². The third-order valence-corrected chi connectivity index (χ3v) is 4.02. The van der Waals surface area contributed by atoms with Gasteiger partial charge in [0.25, 0.3) is 5.91 Å². The number of unbranched alkanes of at least 4 members (excludes halogenated alkanes) is 2. The zero-order valence-corrected chi connectivity index (χ0v) is 16.1. The number of rotatable bonds is 10. The summed E-state index contributed by atoms with van der Waals surface area (Å²) in [7, 11) is 0. The molecule has 0 aliphatic carbocycles. The highest BCUT2D eigenvalue weighted by Crippen LogP contribution is 2.21. The molecule has 2 rings (SSSR count). The molecule has 0 fully saturated rings. The van der Waals surface area contributed by atoms with Gasteiger partial charge in [0, 0.05) is 17.8 Å². The molecule has 2 aromatic carbocycles. The first-order chi connectivity index (χ1) is 13.1. The highest BCUT2D eigenvalue weighted by atomic mass is 16.5. The van der Waals surface area contributed by atoms with Crippen LogP contribution in [0.2, 0.25) is 0 Å². The number of benzene rings is 2. The van der Waals surface area contributed by atoms with Gasteiger partial charge in [0.2, 0.25) is 5.91 Å². The average molecular weight is 368 g/mol. The van der Waals surface area contributed by atoms with Crippen LogP contribution in [0.4, 0.5) is 11.4 Å². The van der Waals surface area contributed by atoms with Crippen molar-refractivity contribution in [1.82, 2.24) is 0 Å². The number of hydrogen-bond donors (Lipinski definition) is 2. The molecule has 0 bridgehead atoms. The van der Waals surface area contributed by atoms with E-state index in [2.05, 4.69) is 17.6 Å². The molecule has 27 heavy (non-hydrogen) atoms. The summed E-state index contributed by atoms with van der Waals surface area (Å²) in [5.41, 5.74) is 1.78. The first-order valence-electron chi connectivity index (χ1n) is 9.57. The molecule has 5 nitrogen and oxygen atoms in total. The zero-order chi connectivity index (χ0) is 19.5. The monoisotopic (exact) mass is 368 g/mol. The van der Waals surface area contributed by atoms with Crippen molar-refractivity contribution in [3.05, 3.63) is 54.1 Å². The van der Waals surface area contributed by atoms with Gasteiger partial charge in [-0.05, 0) is 43.2 Å². The second kappa shape index (κ2) is 11.0. The van der Waals surface area contributed by atoms with Crippen molar-refractivity contribution in [2.75, 3.05) is 17.2 Å². The van der Waals surface area contributed by atoms with Crippen molar-refractivity contribution in [3.8, 4) is 5.75 Å². The Labute approximate surface area is 161 Å². The van der Waals surface area contributed by atoms with E-state index in [1.807, 2.05) is 25.1 Å². The van der Waals surface area contributed by atoms with Gasteiger partial charge in [-0.2, -0.15) is 0 Å². The Kier molecular flexibility index (Phi) is 8.36. The second-order valence-corrected chi connectivity index (χ2v) is 6.38. The van der Waals surface area contributed by atoms with Crippen LogP contribution in [0, 0.1) is 0 Å². The molecule has 0 atom stereocenters. The number of carbonyl (C=O) groups excluding carboxylic acids is 2. The maximum absolute atomic E-state index is 12.7. The second-order valence-electron chi connectivity index (χ2n) is 6.38. The molecule has 5 heteroatoms. The molecule has 0 aromatic heterocycles. The van der Waals surface area contributed by atoms with E-state index in [0.29, 0.717) is 35.7 Å². The zero-order valence-electron chi connectivity index (χ0n) is 16.1. The predicted octanol–water partition coefficient (Wildman–Crippen LogP) is 5.25. The smallest absolute Gasteiger partial charge is 0.259 e. The highest BCUT2D eigenvalue weighted by Gasteiger charge is 2.13. The molecule has 0 aliphatic rings. The van der Waals surface area contributed by atoms with Gasteiger partial charge < -0.3 is 15.4 Å². The predicted molar refractivity (Wildman–Crippen MR) is 109 cm³/mol. The van der Waals surface area contributed by atoms with Crippen LogP contribution >= 0.6 is 0 Å². The van der Waals surface area contributed by atoms with E-state index in [9.17, 15) is 9.59 Å². The Balaban J connectivity index is 2.03. The van der Waals surface area contributed by atoms with Gasteiger partial charge in [-0.15, -0.1) is 0 Å². The average Bonchev–Trinajstić information content (AvgIpc) is 2.66. The molecule has 0 aliphatic heterocycles. The molecule has 0 radical (unpaired) electrons. The van der Waals surface area contributed by atoms with Crippen molar-refractivity contribution in [2.24, 2.45) is 0 Å². The molecule has 0 heterocycles. The van der Waals surface area contributed by atoms with Gasteiger partial charge in [0.15, 0.2) is 0 Å². The lowest BCUT2D eigenvalue weighted by molar-refractivity contribution is -0.116. The molecular weight excluding hydrogens is 340 g/mol. The highest BCUT2D eigenvalue weighted by molar-refractivity contribution is 6.06. The standard InChI is InChI=1S/C22H28N2O3/c1-3-5-8-15-27-20-14-7-6-13-19(20)22(26)24-18-12-9-11-17(16-18)23-21(25)10-4-2/h6-7,9,11-14,16H,3-5,8,10,15H2,1-2H3,(H,23,25)(H,24,26). The minimum absolute atomic E-state index is 0.0354. The molecule has 0 unspecified atom stereocenters. The van der Waals surface area contributed by atoms with Gasteiger partial charge in [0.1, 0.15) is 5.75 Å². The van der Waals surface area contributed by atoms with Crippen LogP contribution in [0.1, 0.15) is 56.3 Å². The van der Waals surface area contributed by atoms with E-state index in [1.54, 1.807) is 30.3 Å². The molecule has 2 N–H and O–H groups in total. The van der Waals surface area contributed by atoms with Gasteiger partial charge in [-0.3, -0.25) is 9.59 Å². The lowest BCUT2D eigenvalue weighted by Gasteiger charge is -2.12. The fourth-order valence-electron chi connectivity index (χ4n) is 2.64. The molecule has 2 aromatic rings. The normalized spacial score (nSPS) is 10.3. The first kappa shape index (κ1) is 20.5. The van der Waals surface area contributed by atoms with Crippen LogP contribution in [0.3, 0.4) is 0 Å². The van der Waals surface area contributed by atoms with E-state index in [0.717, 1.165) is 25.7 Å². The quantitative estimate of drug-likeness (QED) is 0.563. The Hall–Kier alpha value is -2.82. The fraction of sp³-hybridized carbons (Fsp3) is 0.364. The SMILES string of the molecule is CCCCCOc1ccccc1C(=O)Nc1cccc(NC(=O)CCC)c1. The Bertz CT molecular complexity index is 759. The molecule has 2 amide bonds. The van der Waals surface area contributed by atoms with E-state index >= 15 is 0 Å². The molecular formula is C22H28N2O3. The number of nitrogens with one attached hydrogen (secondary N) is 2. The van der Waals surface area contributed by atoms with Crippen LogP contribution < -0.4 is 15.4 Å². The summed E-state index contributed by atoms with van der Waals surface area (Å²) in [6.45, 7) is 4.69. The molecule has 144 valence electrons. The number of hydrogen-bond acceptors (Lipinski definition) is 3. The van der Waals surface area contributed by atoms with E-state index in [1.165, 1.54) is 0 Å². The Morgan fingerprint density at radius 1 is 0.889 bits per heavy atom. The van der Waals surface area contributed by atoms with Crippen molar-refractivity contribution in [1.29, 1.82) is 0 Å². The van der Waals surface area contributed by atoms with Gasteiger partial charge in [-0.1, -0.05) is 44.9 Å². The molecule has 0 saturated carbocycles. The summed E-state index contributed by atoms with van der Waals surface area (Å²) in [4.78, 5) is 24.4. The van der Waals surface area contributed by atoms with Gasteiger partial charge in [-0.25, -0.2) is 0 Å². The fourth-order valence-corrected chi connectivity index (χ4v) is 2.64. The maximum atomic E-state index is 12.7.